The Kier molecular flexibility index (Phi) is 6.19. The molecule has 1 N–H and O–H groups in total. The van der Waals surface area contributed by atoms with Crippen molar-refractivity contribution in [3.63, 3.8) is 0 Å². The maximum atomic E-state index is 12.4. The minimum Gasteiger partial charge on any atom is -0.462 e. The average molecular weight is 352 g/mol. The van der Waals surface area contributed by atoms with Crippen molar-refractivity contribution in [1.82, 2.24) is 9.88 Å². The molecule has 1 aliphatic heterocycles. The van der Waals surface area contributed by atoms with Crippen molar-refractivity contribution in [1.29, 1.82) is 0 Å². The molecule has 0 unspecified atom stereocenters. The van der Waals surface area contributed by atoms with E-state index in [2.05, 4.69) is 4.98 Å². The number of ether oxygens (including phenoxy) is 3. The first-order valence-corrected chi connectivity index (χ1v) is 8.30. The molecule has 8 nitrogen and oxygen atoms in total. The second-order valence-electron chi connectivity index (χ2n) is 5.83. The van der Waals surface area contributed by atoms with E-state index < -0.39 is 18.0 Å². The molecule has 138 valence electrons. The molecule has 0 radical (unpaired) electrons. The Hall–Kier alpha value is -2.35. The third-order valence-electron chi connectivity index (χ3n) is 4.08. The summed E-state index contributed by atoms with van der Waals surface area (Å²) in [7, 11) is 0. The molecule has 0 bridgehead atoms. The Labute approximate surface area is 146 Å². The third kappa shape index (κ3) is 4.19. The van der Waals surface area contributed by atoms with Crippen molar-refractivity contribution in [3.05, 3.63) is 22.5 Å². The fraction of sp³-hybridized carbons (Fsp3) is 0.588. The Morgan fingerprint density at radius 1 is 1.20 bits per heavy atom. The summed E-state index contributed by atoms with van der Waals surface area (Å²) in [6, 6.07) is 0. The van der Waals surface area contributed by atoms with Crippen LogP contribution in [-0.4, -0.2) is 66.7 Å². The fourth-order valence-corrected chi connectivity index (χ4v) is 2.77. The van der Waals surface area contributed by atoms with E-state index in [9.17, 15) is 14.4 Å². The zero-order chi connectivity index (χ0) is 18.6. The molecule has 1 atom stereocenters. The molecule has 1 aromatic rings. The van der Waals surface area contributed by atoms with Crippen molar-refractivity contribution >= 4 is 17.8 Å². The molecule has 25 heavy (non-hydrogen) atoms. The zero-order valence-electron chi connectivity index (χ0n) is 15.0. The number of aromatic nitrogens is 1. The molecule has 2 rings (SSSR count). The molecular weight excluding hydrogens is 328 g/mol. The van der Waals surface area contributed by atoms with Crippen LogP contribution in [0.15, 0.2) is 0 Å². The van der Waals surface area contributed by atoms with Crippen molar-refractivity contribution in [2.24, 2.45) is 0 Å². The number of aryl methyl sites for hydroxylation is 1. The van der Waals surface area contributed by atoms with Gasteiger partial charge >= 0.3 is 11.9 Å². The van der Waals surface area contributed by atoms with Crippen LogP contribution < -0.4 is 0 Å². The summed E-state index contributed by atoms with van der Waals surface area (Å²) in [4.78, 5) is 41.2. The molecule has 2 heterocycles. The van der Waals surface area contributed by atoms with Gasteiger partial charge < -0.3 is 24.1 Å². The Morgan fingerprint density at radius 3 is 2.44 bits per heavy atom. The summed E-state index contributed by atoms with van der Waals surface area (Å²) < 4.78 is 15.5. The van der Waals surface area contributed by atoms with Crippen LogP contribution in [0.3, 0.4) is 0 Å². The molecule has 0 aliphatic carbocycles. The van der Waals surface area contributed by atoms with E-state index >= 15 is 0 Å². The van der Waals surface area contributed by atoms with Gasteiger partial charge in [-0.15, -0.1) is 0 Å². The lowest BCUT2D eigenvalue weighted by Gasteiger charge is -2.28. The number of rotatable bonds is 5. The Morgan fingerprint density at radius 2 is 1.84 bits per heavy atom. The summed E-state index contributed by atoms with van der Waals surface area (Å²) >= 11 is 0. The summed E-state index contributed by atoms with van der Waals surface area (Å²) in [6.45, 7) is 8.72. The molecule has 0 spiro atoms. The van der Waals surface area contributed by atoms with Crippen molar-refractivity contribution < 1.29 is 28.6 Å². The maximum absolute atomic E-state index is 12.4. The van der Waals surface area contributed by atoms with E-state index in [1.165, 1.54) is 6.92 Å². The van der Waals surface area contributed by atoms with Crippen LogP contribution in [0.5, 0.6) is 0 Å². The summed E-state index contributed by atoms with van der Waals surface area (Å²) in [5, 5.41) is 0. The van der Waals surface area contributed by atoms with Gasteiger partial charge in [-0.1, -0.05) is 0 Å². The topological polar surface area (TPSA) is 97.9 Å². The smallest absolute Gasteiger partial charge is 0.355 e. The molecule has 1 fully saturated rings. The Bertz CT molecular complexity index is 660. The summed E-state index contributed by atoms with van der Waals surface area (Å²) in [6.07, 6.45) is -0.917. The van der Waals surface area contributed by atoms with E-state index in [-0.39, 0.29) is 18.2 Å². The maximum Gasteiger partial charge on any atom is 0.355 e. The van der Waals surface area contributed by atoms with Crippen molar-refractivity contribution in [3.8, 4) is 0 Å². The van der Waals surface area contributed by atoms with Gasteiger partial charge in [-0.3, -0.25) is 4.79 Å². The van der Waals surface area contributed by atoms with Gasteiger partial charge in [0.15, 0.2) is 6.10 Å². The van der Waals surface area contributed by atoms with Crippen LogP contribution in [0.4, 0.5) is 0 Å². The quantitative estimate of drug-likeness (QED) is 0.800. The number of amides is 1. The molecule has 1 amide bonds. The number of H-pyrrole nitrogens is 1. The fourth-order valence-electron chi connectivity index (χ4n) is 2.77. The van der Waals surface area contributed by atoms with Gasteiger partial charge in [-0.05, 0) is 33.3 Å². The number of carbonyl (C=O) groups excluding carboxylic acids is 3. The highest BCUT2D eigenvalue weighted by molar-refractivity contribution is 5.99. The van der Waals surface area contributed by atoms with E-state index in [4.69, 9.17) is 14.2 Å². The van der Waals surface area contributed by atoms with Gasteiger partial charge in [0, 0.05) is 18.8 Å². The minimum absolute atomic E-state index is 0.155. The number of morpholine rings is 1. The molecule has 0 saturated carbocycles. The Balaban J connectivity index is 2.09. The van der Waals surface area contributed by atoms with Gasteiger partial charge in [0.25, 0.3) is 5.91 Å². The lowest BCUT2D eigenvalue weighted by atomic mass is 10.1. The van der Waals surface area contributed by atoms with Crippen molar-refractivity contribution in [2.75, 3.05) is 32.9 Å². The highest BCUT2D eigenvalue weighted by Crippen LogP contribution is 2.20. The predicted octanol–water partition coefficient (Wildman–Crippen LogP) is 1.21. The van der Waals surface area contributed by atoms with Gasteiger partial charge in [0.2, 0.25) is 0 Å². The molecule has 0 aromatic carbocycles. The number of esters is 2. The van der Waals surface area contributed by atoms with Gasteiger partial charge in [0.05, 0.1) is 25.4 Å². The third-order valence-corrected chi connectivity index (χ3v) is 4.08. The minimum atomic E-state index is -0.917. The first kappa shape index (κ1) is 19.0. The number of hydrogen-bond donors (Lipinski definition) is 1. The van der Waals surface area contributed by atoms with Crippen molar-refractivity contribution in [2.45, 2.75) is 33.8 Å². The number of aromatic amines is 1. The number of hydrogen-bond acceptors (Lipinski definition) is 6. The summed E-state index contributed by atoms with van der Waals surface area (Å²) in [5.74, 6) is -1.43. The molecular formula is C17H24N2O6. The average Bonchev–Trinajstić information content (AvgIpc) is 2.89. The normalized spacial score (nSPS) is 15.6. The van der Waals surface area contributed by atoms with Crippen LogP contribution >= 0.6 is 0 Å². The second kappa shape index (κ2) is 8.15. The largest absolute Gasteiger partial charge is 0.462 e. The van der Waals surface area contributed by atoms with Crippen LogP contribution in [0.1, 0.15) is 46.0 Å². The molecule has 1 aromatic heterocycles. The van der Waals surface area contributed by atoms with Crippen LogP contribution in [0, 0.1) is 13.8 Å². The number of nitrogens with one attached hydrogen (secondary N) is 1. The number of carbonyl (C=O) groups is 3. The number of nitrogens with zero attached hydrogens (tertiary/aromatic N) is 1. The van der Waals surface area contributed by atoms with Gasteiger partial charge in [-0.2, -0.15) is 0 Å². The highest BCUT2D eigenvalue weighted by atomic mass is 16.5. The van der Waals surface area contributed by atoms with Crippen LogP contribution in [-0.2, 0) is 19.0 Å². The van der Waals surface area contributed by atoms with E-state index in [1.807, 2.05) is 0 Å². The highest BCUT2D eigenvalue weighted by Gasteiger charge is 2.29. The van der Waals surface area contributed by atoms with E-state index in [1.54, 1.807) is 25.7 Å². The monoisotopic (exact) mass is 352 g/mol. The summed E-state index contributed by atoms with van der Waals surface area (Å²) in [5.41, 5.74) is 1.45. The predicted molar refractivity (Wildman–Crippen MR) is 88.5 cm³/mol. The van der Waals surface area contributed by atoms with E-state index in [0.29, 0.717) is 43.1 Å². The SMILES string of the molecule is CCOC(=O)c1c(C)[nH]c(C(=O)O[C@H](C)C(=O)N2CCOCC2)c1C. The lowest BCUT2D eigenvalue weighted by Crippen LogP contribution is -2.46. The van der Waals surface area contributed by atoms with E-state index in [0.717, 1.165) is 0 Å². The lowest BCUT2D eigenvalue weighted by molar-refractivity contribution is -0.143. The van der Waals surface area contributed by atoms with Crippen LogP contribution in [0.25, 0.3) is 0 Å². The standard InChI is InChI=1S/C17H24N2O6/c1-5-24-16(21)13-10(2)14(18-11(13)3)17(22)25-12(4)15(20)19-6-8-23-9-7-19/h12,18H,5-9H2,1-4H3/t12-/m1/s1. The van der Waals surface area contributed by atoms with Gasteiger partial charge in [-0.25, -0.2) is 9.59 Å². The first-order chi connectivity index (χ1) is 11.9. The molecule has 8 heteroatoms. The molecule has 1 aliphatic rings. The van der Waals surface area contributed by atoms with Gasteiger partial charge in [0.1, 0.15) is 5.69 Å². The zero-order valence-corrected chi connectivity index (χ0v) is 15.0. The second-order valence-corrected chi connectivity index (χ2v) is 5.83. The van der Waals surface area contributed by atoms with Crippen LogP contribution in [0.2, 0.25) is 0 Å². The first-order valence-electron chi connectivity index (χ1n) is 8.30. The molecule has 1 saturated heterocycles.